The molecule has 0 radical (unpaired) electrons. The fraction of sp³-hybridized carbons (Fsp3) is 0.615. The zero-order chi connectivity index (χ0) is 25.2. The molecule has 180 valence electrons. The first-order valence-corrected chi connectivity index (χ1v) is 14.4. The van der Waals surface area contributed by atoms with Gasteiger partial charge in [-0.15, -0.1) is 6.42 Å². The Labute approximate surface area is 202 Å². The Kier molecular flexibility index (Phi) is 12.5. The van der Waals surface area contributed by atoms with Gasteiger partial charge in [0.1, 0.15) is 0 Å². The van der Waals surface area contributed by atoms with Crippen molar-refractivity contribution in [1.82, 2.24) is 5.32 Å². The largest absolute Gasteiger partial charge is 0.413 e. The van der Waals surface area contributed by atoms with E-state index in [1.54, 1.807) is 0 Å². The van der Waals surface area contributed by atoms with Gasteiger partial charge in [0.25, 0.3) is 0 Å². The summed E-state index contributed by atoms with van der Waals surface area (Å²) in [6.07, 6.45) is 15.2. The maximum absolute atomic E-state index is 12.8. The predicted octanol–water partition coefficient (Wildman–Crippen LogP) is 6.54. The molecule has 0 bridgehead atoms. The van der Waals surface area contributed by atoms with Crippen molar-refractivity contribution in [2.45, 2.75) is 98.0 Å². The molecule has 2 atom stereocenters. The highest BCUT2D eigenvalue weighted by Gasteiger charge is 2.38. The van der Waals surface area contributed by atoms with Crippen LogP contribution in [0.2, 0.25) is 18.1 Å². The third-order valence-corrected chi connectivity index (χ3v) is 10.3. The first-order chi connectivity index (χ1) is 14.5. The lowest BCUT2D eigenvalue weighted by atomic mass is 9.83. The highest BCUT2D eigenvalue weighted by atomic mass is 35.5. The third-order valence-electron chi connectivity index (χ3n) is 5.62. The quantitative estimate of drug-likeness (QED) is 0.158. The summed E-state index contributed by atoms with van der Waals surface area (Å²) in [6.45, 7) is 18.7. The van der Waals surface area contributed by atoms with Crippen LogP contribution in [0.15, 0.2) is 35.4 Å². The van der Waals surface area contributed by atoms with Gasteiger partial charge < -0.3 is 9.74 Å². The van der Waals surface area contributed by atoms with Crippen LogP contribution in [-0.4, -0.2) is 32.2 Å². The highest BCUT2D eigenvalue weighted by molar-refractivity contribution is 6.74. The minimum atomic E-state index is -1.94. The molecule has 0 aliphatic rings. The maximum atomic E-state index is 12.8. The number of terminal acetylenes is 1. The lowest BCUT2D eigenvalue weighted by Crippen LogP contribution is -2.48. The fourth-order valence-corrected chi connectivity index (χ4v) is 4.21. The van der Waals surface area contributed by atoms with E-state index in [0.29, 0.717) is 6.42 Å². The number of amides is 1. The molecule has 4 nitrogen and oxygen atoms in total. The Morgan fingerprint density at radius 1 is 1.12 bits per heavy atom. The zero-order valence-electron chi connectivity index (χ0n) is 21.3. The van der Waals surface area contributed by atoms with Crippen molar-refractivity contribution < 1.29 is 14.0 Å². The van der Waals surface area contributed by atoms with Gasteiger partial charge in [-0.2, -0.15) is 0 Å². The maximum Gasteiger partial charge on any atom is 0.245 e. The molecule has 0 aliphatic carbocycles. The Balaban J connectivity index is 5.22. The molecular weight excluding hydrogens is 438 g/mol. The summed E-state index contributed by atoms with van der Waals surface area (Å²) in [7, 11) is -1.94. The Morgan fingerprint density at radius 2 is 1.72 bits per heavy atom. The number of hydrogen-bond acceptors (Lipinski definition) is 3. The van der Waals surface area contributed by atoms with E-state index in [-0.39, 0.29) is 29.3 Å². The number of carbonyl (C=O) groups is 2. The van der Waals surface area contributed by atoms with Crippen molar-refractivity contribution >= 4 is 31.6 Å². The summed E-state index contributed by atoms with van der Waals surface area (Å²) in [5.41, 5.74) is -0.415. The van der Waals surface area contributed by atoms with E-state index in [1.165, 1.54) is 12.2 Å². The topological polar surface area (TPSA) is 55.4 Å². The Morgan fingerprint density at radius 3 is 2.19 bits per heavy atom. The number of carbonyl (C=O) groups excluding carboxylic acids is 2. The van der Waals surface area contributed by atoms with Crippen LogP contribution in [0, 0.1) is 17.8 Å². The van der Waals surface area contributed by atoms with Gasteiger partial charge >= 0.3 is 0 Å². The highest BCUT2D eigenvalue weighted by Crippen LogP contribution is 2.38. The molecule has 0 aromatic carbocycles. The molecule has 0 rings (SSSR count). The van der Waals surface area contributed by atoms with Crippen LogP contribution in [-0.2, 0) is 14.0 Å². The molecule has 0 unspecified atom stereocenters. The molecule has 6 heteroatoms. The van der Waals surface area contributed by atoms with Gasteiger partial charge in [-0.1, -0.05) is 77.3 Å². The average molecular weight is 480 g/mol. The van der Waals surface area contributed by atoms with Gasteiger partial charge in [0.2, 0.25) is 5.91 Å². The number of halogens is 1. The molecule has 0 fully saturated rings. The zero-order valence-corrected chi connectivity index (χ0v) is 23.1. The van der Waals surface area contributed by atoms with Crippen molar-refractivity contribution in [1.29, 1.82) is 0 Å². The van der Waals surface area contributed by atoms with Crippen molar-refractivity contribution in [3.63, 3.8) is 0 Å². The molecule has 0 aromatic rings. The summed E-state index contributed by atoms with van der Waals surface area (Å²) in [4.78, 5) is 24.9. The lowest BCUT2D eigenvalue weighted by Gasteiger charge is -2.39. The van der Waals surface area contributed by atoms with E-state index in [9.17, 15) is 9.59 Å². The second-order valence-electron chi connectivity index (χ2n) is 10.7. The van der Waals surface area contributed by atoms with Crippen LogP contribution in [0.25, 0.3) is 0 Å². The Hall–Kier alpha value is -1.61. The summed E-state index contributed by atoms with van der Waals surface area (Å²) in [5, 5.41) is 3.63. The number of hydrogen-bond donors (Lipinski definition) is 1. The van der Waals surface area contributed by atoms with Gasteiger partial charge in [0, 0.05) is 17.5 Å². The molecule has 0 heterocycles. The number of rotatable bonds is 11. The van der Waals surface area contributed by atoms with Crippen LogP contribution in [0.4, 0.5) is 0 Å². The first kappa shape index (κ1) is 30.4. The minimum absolute atomic E-state index is 0.00274. The summed E-state index contributed by atoms with van der Waals surface area (Å²) < 4.78 is 6.57. The normalized spacial score (nSPS) is 15.6. The monoisotopic (exact) mass is 479 g/mol. The molecular formula is C26H42ClNO3Si. The van der Waals surface area contributed by atoms with E-state index in [2.05, 4.69) is 45.1 Å². The molecule has 1 N–H and O–H groups in total. The standard InChI is InChI=1S/C26H42ClNO3Si/c1-11-12-17-23(30)28-24(25(3,4)5)22(29)16-14-13-15-21(19-18-20(2)27)31-32(9,10)26(6,7)8/h1,12-14,17-18,21,24H,15-16,19H2,2-10H3,(H,28,30)/b14-13-,17-12+,20-18+/t21-,24-/m1/s1. The van der Waals surface area contributed by atoms with Crippen molar-refractivity contribution in [2.75, 3.05) is 0 Å². The van der Waals surface area contributed by atoms with Crippen molar-refractivity contribution in [2.24, 2.45) is 5.41 Å². The Bertz CT molecular complexity index is 757. The van der Waals surface area contributed by atoms with E-state index < -0.39 is 19.8 Å². The molecule has 0 saturated carbocycles. The van der Waals surface area contributed by atoms with E-state index in [0.717, 1.165) is 11.5 Å². The van der Waals surface area contributed by atoms with Crippen LogP contribution in [0.3, 0.4) is 0 Å². The van der Waals surface area contributed by atoms with Crippen LogP contribution >= 0.6 is 11.6 Å². The summed E-state index contributed by atoms with van der Waals surface area (Å²) in [5.74, 6) is 1.86. The van der Waals surface area contributed by atoms with Gasteiger partial charge in [0.15, 0.2) is 14.1 Å². The van der Waals surface area contributed by atoms with E-state index in [4.69, 9.17) is 22.5 Å². The smallest absolute Gasteiger partial charge is 0.245 e. The van der Waals surface area contributed by atoms with E-state index >= 15 is 0 Å². The van der Waals surface area contributed by atoms with Gasteiger partial charge in [0.05, 0.1) is 12.1 Å². The summed E-state index contributed by atoms with van der Waals surface area (Å²) in [6, 6.07) is -0.608. The molecule has 0 spiro atoms. The number of Topliss-reactive ketones (excluding diaryl/α,β-unsaturated/α-hetero) is 1. The number of ketones is 1. The van der Waals surface area contributed by atoms with Gasteiger partial charge in [-0.3, -0.25) is 9.59 Å². The van der Waals surface area contributed by atoms with Crippen molar-refractivity contribution in [3.05, 3.63) is 35.4 Å². The second-order valence-corrected chi connectivity index (χ2v) is 16.1. The van der Waals surface area contributed by atoms with Gasteiger partial charge in [-0.25, -0.2) is 0 Å². The van der Waals surface area contributed by atoms with Crippen LogP contribution in [0.5, 0.6) is 0 Å². The lowest BCUT2D eigenvalue weighted by molar-refractivity contribution is -0.127. The first-order valence-electron chi connectivity index (χ1n) is 11.1. The fourth-order valence-electron chi connectivity index (χ4n) is 2.74. The van der Waals surface area contributed by atoms with Crippen molar-refractivity contribution in [3.8, 4) is 12.3 Å². The second kappa shape index (κ2) is 13.2. The molecule has 1 amide bonds. The number of allylic oxidation sites excluding steroid dienone is 3. The predicted molar refractivity (Wildman–Crippen MR) is 139 cm³/mol. The van der Waals surface area contributed by atoms with Gasteiger partial charge in [-0.05, 0) is 49.4 Å². The molecule has 32 heavy (non-hydrogen) atoms. The molecule has 0 aromatic heterocycles. The average Bonchev–Trinajstić information content (AvgIpc) is 2.63. The van der Waals surface area contributed by atoms with Crippen LogP contribution < -0.4 is 5.32 Å². The molecule has 0 aliphatic heterocycles. The van der Waals surface area contributed by atoms with E-state index in [1.807, 2.05) is 45.9 Å². The SMILES string of the molecule is C#C/C=C/C(=O)N[C@H](C(=O)C/C=C\C[C@H](C/C=C(\C)Cl)O[Si](C)(C)C(C)(C)C)C(C)(C)C. The minimum Gasteiger partial charge on any atom is -0.413 e. The summed E-state index contributed by atoms with van der Waals surface area (Å²) >= 11 is 6.04. The number of nitrogens with one attached hydrogen (secondary N) is 1. The third kappa shape index (κ3) is 11.9. The molecule has 0 saturated heterocycles. The van der Waals surface area contributed by atoms with Crippen LogP contribution in [0.1, 0.15) is 67.7 Å².